The third-order valence-electron chi connectivity index (χ3n) is 2.05. The van der Waals surface area contributed by atoms with Gasteiger partial charge in [-0.1, -0.05) is 6.07 Å². The summed E-state index contributed by atoms with van der Waals surface area (Å²) >= 11 is 3.33. The number of fused-ring (bicyclic) bond motifs is 1. The molecule has 2 nitrogen and oxygen atoms in total. The van der Waals surface area contributed by atoms with Crippen LogP contribution in [0, 0.1) is 0 Å². The summed E-state index contributed by atoms with van der Waals surface area (Å²) in [5.41, 5.74) is 8.21. The molecule has 1 atom stereocenters. The molecule has 0 spiro atoms. The molecule has 12 heavy (non-hydrogen) atoms. The predicted octanol–water partition coefficient (Wildman–Crippen LogP) is 2.21. The van der Waals surface area contributed by atoms with Gasteiger partial charge in [-0.3, -0.25) is 0 Å². The molecule has 1 aromatic heterocycles. The highest BCUT2D eigenvalue weighted by Crippen LogP contribution is 2.28. The summed E-state index contributed by atoms with van der Waals surface area (Å²) in [6.45, 7) is 0. The molecule has 2 N–H and O–H groups in total. The number of hydrogen-bond acceptors (Lipinski definition) is 2. The van der Waals surface area contributed by atoms with Crippen LogP contribution >= 0.6 is 28.3 Å². The molecule has 1 aromatic rings. The molecule has 0 saturated carbocycles. The van der Waals surface area contributed by atoms with Gasteiger partial charge in [-0.05, 0) is 40.4 Å². The van der Waals surface area contributed by atoms with Gasteiger partial charge in [-0.15, -0.1) is 12.4 Å². The summed E-state index contributed by atoms with van der Waals surface area (Å²) in [6.07, 6.45) is 2.12. The smallest absolute Gasteiger partial charge is 0.106 e. The number of pyridine rings is 1. The number of nitrogens with zero attached hydrogens (tertiary/aromatic N) is 1. The maximum absolute atomic E-state index is 5.83. The van der Waals surface area contributed by atoms with E-state index >= 15 is 0 Å². The molecular formula is C8H10BrClN2. The molecule has 0 aliphatic heterocycles. The van der Waals surface area contributed by atoms with Gasteiger partial charge in [0.15, 0.2) is 0 Å². The van der Waals surface area contributed by atoms with Crippen molar-refractivity contribution in [1.82, 2.24) is 4.98 Å². The zero-order valence-electron chi connectivity index (χ0n) is 6.46. The first-order valence-electron chi connectivity index (χ1n) is 3.68. The molecule has 1 unspecified atom stereocenters. The minimum Gasteiger partial charge on any atom is -0.323 e. The van der Waals surface area contributed by atoms with Gasteiger partial charge in [0.05, 0.1) is 5.69 Å². The monoisotopic (exact) mass is 248 g/mol. The van der Waals surface area contributed by atoms with Crippen LogP contribution in [0.3, 0.4) is 0 Å². The average molecular weight is 250 g/mol. The molecule has 0 bridgehead atoms. The average Bonchev–Trinajstić information content (AvgIpc) is 2.33. The summed E-state index contributed by atoms with van der Waals surface area (Å²) in [6, 6.07) is 4.22. The Morgan fingerprint density at radius 2 is 2.25 bits per heavy atom. The van der Waals surface area contributed by atoms with E-state index in [9.17, 15) is 0 Å². The minimum absolute atomic E-state index is 0. The number of hydrogen-bond donors (Lipinski definition) is 1. The summed E-state index contributed by atoms with van der Waals surface area (Å²) in [5.74, 6) is 0. The Hall–Kier alpha value is -0.120. The topological polar surface area (TPSA) is 38.9 Å². The van der Waals surface area contributed by atoms with E-state index in [1.54, 1.807) is 0 Å². The molecule has 0 aromatic carbocycles. The highest BCUT2D eigenvalue weighted by atomic mass is 79.9. The number of nitrogens with two attached hydrogens (primary N) is 1. The number of aromatic nitrogens is 1. The lowest BCUT2D eigenvalue weighted by Crippen LogP contribution is -2.07. The second-order valence-electron chi connectivity index (χ2n) is 2.82. The second kappa shape index (κ2) is 3.73. The van der Waals surface area contributed by atoms with Crippen LogP contribution in [0.15, 0.2) is 16.7 Å². The number of rotatable bonds is 0. The van der Waals surface area contributed by atoms with Crippen LogP contribution in [0.5, 0.6) is 0 Å². The highest BCUT2D eigenvalue weighted by molar-refractivity contribution is 9.10. The van der Waals surface area contributed by atoms with Crippen LogP contribution in [0.4, 0.5) is 0 Å². The quantitative estimate of drug-likeness (QED) is 0.716. The van der Waals surface area contributed by atoms with Crippen molar-refractivity contribution in [1.29, 1.82) is 0 Å². The van der Waals surface area contributed by atoms with E-state index in [0.29, 0.717) is 0 Å². The van der Waals surface area contributed by atoms with Gasteiger partial charge in [0, 0.05) is 6.04 Å². The fraction of sp³-hybridized carbons (Fsp3) is 0.375. The van der Waals surface area contributed by atoms with Gasteiger partial charge < -0.3 is 5.73 Å². The lowest BCUT2D eigenvalue weighted by molar-refractivity contribution is 0.696. The van der Waals surface area contributed by atoms with Crippen LogP contribution < -0.4 is 5.73 Å². The first kappa shape index (κ1) is 9.96. The Kier molecular flexibility index (Phi) is 3.09. The Morgan fingerprint density at radius 1 is 1.50 bits per heavy atom. The molecule has 0 radical (unpaired) electrons. The molecule has 0 amide bonds. The van der Waals surface area contributed by atoms with Crippen LogP contribution in [0.2, 0.25) is 0 Å². The normalized spacial score (nSPS) is 20.0. The zero-order valence-corrected chi connectivity index (χ0v) is 8.86. The highest BCUT2D eigenvalue weighted by Gasteiger charge is 2.19. The van der Waals surface area contributed by atoms with E-state index in [2.05, 4.69) is 27.0 Å². The van der Waals surface area contributed by atoms with E-state index in [1.807, 2.05) is 6.07 Å². The molecule has 1 aliphatic carbocycles. The summed E-state index contributed by atoms with van der Waals surface area (Å²) in [5, 5.41) is 0. The second-order valence-corrected chi connectivity index (χ2v) is 3.64. The van der Waals surface area contributed by atoms with Gasteiger partial charge in [0.1, 0.15) is 4.60 Å². The Balaban J connectivity index is 0.000000720. The lowest BCUT2D eigenvalue weighted by Gasteiger charge is -2.02. The van der Waals surface area contributed by atoms with Crippen molar-refractivity contribution in [2.45, 2.75) is 18.9 Å². The summed E-state index contributed by atoms with van der Waals surface area (Å²) in [7, 11) is 0. The van der Waals surface area contributed by atoms with Crippen molar-refractivity contribution in [2.75, 3.05) is 0 Å². The standard InChI is InChI=1S/C8H9BrN2.ClH/c9-7-4-2-5-1-3-6(10)8(5)11-7;/h2,4,6H,1,3,10H2;1H. The van der Waals surface area contributed by atoms with E-state index in [1.165, 1.54) is 5.56 Å². The molecule has 1 heterocycles. The molecule has 0 saturated heterocycles. The van der Waals surface area contributed by atoms with Gasteiger partial charge in [0.25, 0.3) is 0 Å². The van der Waals surface area contributed by atoms with Crippen molar-refractivity contribution in [3.8, 4) is 0 Å². The number of aryl methyl sites for hydroxylation is 1. The van der Waals surface area contributed by atoms with Crippen molar-refractivity contribution < 1.29 is 0 Å². The van der Waals surface area contributed by atoms with Crippen molar-refractivity contribution >= 4 is 28.3 Å². The van der Waals surface area contributed by atoms with Crippen molar-refractivity contribution in [3.63, 3.8) is 0 Å². The van der Waals surface area contributed by atoms with Crippen LogP contribution in [-0.4, -0.2) is 4.98 Å². The maximum Gasteiger partial charge on any atom is 0.106 e. The minimum atomic E-state index is 0. The van der Waals surface area contributed by atoms with Crippen molar-refractivity contribution in [2.24, 2.45) is 5.73 Å². The van der Waals surface area contributed by atoms with Gasteiger partial charge in [-0.25, -0.2) is 4.98 Å². The fourth-order valence-electron chi connectivity index (χ4n) is 1.46. The van der Waals surface area contributed by atoms with Gasteiger partial charge >= 0.3 is 0 Å². The summed E-state index contributed by atoms with van der Waals surface area (Å²) < 4.78 is 0.883. The van der Waals surface area contributed by atoms with E-state index < -0.39 is 0 Å². The lowest BCUT2D eigenvalue weighted by atomic mass is 10.2. The third-order valence-corrected chi connectivity index (χ3v) is 2.50. The zero-order chi connectivity index (χ0) is 7.84. The molecule has 66 valence electrons. The fourth-order valence-corrected chi connectivity index (χ4v) is 1.78. The largest absolute Gasteiger partial charge is 0.323 e. The Bertz CT molecular complexity index is 290. The van der Waals surface area contributed by atoms with Crippen LogP contribution in [0.1, 0.15) is 23.7 Å². The maximum atomic E-state index is 5.83. The Labute approximate surface area is 86.1 Å². The Morgan fingerprint density at radius 3 is 3.00 bits per heavy atom. The summed E-state index contributed by atoms with van der Waals surface area (Å²) in [4.78, 5) is 4.33. The third kappa shape index (κ3) is 1.63. The molecule has 4 heteroatoms. The molecule has 0 fully saturated rings. The van der Waals surface area contributed by atoms with Crippen molar-refractivity contribution in [3.05, 3.63) is 28.0 Å². The molecular weight excluding hydrogens is 239 g/mol. The molecule has 1 aliphatic rings. The van der Waals surface area contributed by atoms with Gasteiger partial charge in [-0.2, -0.15) is 0 Å². The van der Waals surface area contributed by atoms with Crippen LogP contribution in [0.25, 0.3) is 0 Å². The first-order valence-corrected chi connectivity index (χ1v) is 4.47. The van der Waals surface area contributed by atoms with Crippen LogP contribution in [-0.2, 0) is 6.42 Å². The predicted molar refractivity (Wildman–Crippen MR) is 54.4 cm³/mol. The SMILES string of the molecule is Cl.NC1CCc2ccc(Br)nc21. The van der Waals surface area contributed by atoms with E-state index in [-0.39, 0.29) is 18.4 Å². The van der Waals surface area contributed by atoms with E-state index in [4.69, 9.17) is 5.73 Å². The first-order chi connectivity index (χ1) is 5.27. The number of halogens is 2. The van der Waals surface area contributed by atoms with E-state index in [0.717, 1.165) is 23.1 Å². The molecule has 2 rings (SSSR count). The van der Waals surface area contributed by atoms with Gasteiger partial charge in [0.2, 0.25) is 0 Å².